The molecule has 9 nitrogen and oxygen atoms in total. The van der Waals surface area contributed by atoms with Crippen LogP contribution in [0.15, 0.2) is 59.2 Å². The Kier molecular flexibility index (Phi) is 4.34. The minimum absolute atomic E-state index is 0.308. The summed E-state index contributed by atoms with van der Waals surface area (Å²) in [5, 5.41) is 25.6. The van der Waals surface area contributed by atoms with Crippen molar-refractivity contribution in [3.63, 3.8) is 0 Å². The van der Waals surface area contributed by atoms with Gasteiger partial charge in [-0.1, -0.05) is 12.1 Å². The molecule has 1 aliphatic carbocycles. The SMILES string of the molecule is NC1=NCN([C@@H]2C=C(CNc3ccc4ccc(N)nc4c3)[C@@H](O)[C@H]2O)c2[nH]ccc21. The number of aromatic amines is 1. The largest absolute Gasteiger partial charge is 0.388 e. The molecule has 2 aliphatic rings. The first-order valence-electron chi connectivity index (χ1n) is 9.72. The Morgan fingerprint density at radius 2 is 2.00 bits per heavy atom. The standard InChI is InChI=1S/C21H23N7O2/c22-17-4-2-11-1-3-13(8-15(11)27-17)25-9-12-7-16(19(30)18(12)29)28-10-26-20(23)14-5-6-24-21(14)28/h1-8,16,18-19,24-25,29-30H,9-10H2,(H2,22,27)(H2,23,26)/t16-,18-,19+/m1/s1. The van der Waals surface area contributed by atoms with Crippen LogP contribution in [0.1, 0.15) is 5.56 Å². The summed E-state index contributed by atoms with van der Waals surface area (Å²) in [6, 6.07) is 11.0. The zero-order chi connectivity index (χ0) is 20.8. The number of pyridine rings is 1. The van der Waals surface area contributed by atoms with E-state index in [4.69, 9.17) is 11.5 Å². The highest BCUT2D eigenvalue weighted by Crippen LogP contribution is 2.31. The Morgan fingerprint density at radius 3 is 2.87 bits per heavy atom. The van der Waals surface area contributed by atoms with Gasteiger partial charge in [0.1, 0.15) is 36.3 Å². The van der Waals surface area contributed by atoms with Crippen molar-refractivity contribution in [2.75, 3.05) is 29.2 Å². The fraction of sp³-hybridized carbons (Fsp3) is 0.238. The van der Waals surface area contributed by atoms with Crippen LogP contribution in [-0.4, -0.2) is 57.5 Å². The second kappa shape index (κ2) is 7.05. The van der Waals surface area contributed by atoms with Crippen LogP contribution in [0.3, 0.4) is 0 Å². The summed E-state index contributed by atoms with van der Waals surface area (Å²) >= 11 is 0. The first-order chi connectivity index (χ1) is 14.5. The maximum absolute atomic E-state index is 10.7. The number of hydrogen-bond donors (Lipinski definition) is 6. The molecule has 3 atom stereocenters. The van der Waals surface area contributed by atoms with Crippen molar-refractivity contribution in [1.82, 2.24) is 9.97 Å². The van der Waals surface area contributed by atoms with Crippen molar-refractivity contribution in [3.05, 3.63) is 59.8 Å². The van der Waals surface area contributed by atoms with Gasteiger partial charge in [-0.3, -0.25) is 0 Å². The van der Waals surface area contributed by atoms with Crippen LogP contribution in [0.25, 0.3) is 10.9 Å². The van der Waals surface area contributed by atoms with Gasteiger partial charge in [-0.2, -0.15) is 0 Å². The molecule has 0 radical (unpaired) electrons. The normalized spacial score (nSPS) is 23.3. The Balaban J connectivity index is 1.35. The molecule has 0 fully saturated rings. The number of nitrogens with zero attached hydrogens (tertiary/aromatic N) is 3. The van der Waals surface area contributed by atoms with Gasteiger partial charge in [-0.05, 0) is 35.9 Å². The van der Waals surface area contributed by atoms with Gasteiger partial charge in [0.05, 0.1) is 17.1 Å². The number of benzene rings is 1. The number of rotatable bonds is 4. The van der Waals surface area contributed by atoms with Crippen LogP contribution in [0.4, 0.5) is 17.3 Å². The van der Waals surface area contributed by atoms with E-state index in [-0.39, 0.29) is 0 Å². The third kappa shape index (κ3) is 3.04. The van der Waals surface area contributed by atoms with E-state index < -0.39 is 18.2 Å². The van der Waals surface area contributed by atoms with Crippen LogP contribution in [-0.2, 0) is 0 Å². The number of aliphatic hydroxyl groups is 2. The molecule has 154 valence electrons. The maximum atomic E-state index is 10.7. The number of aliphatic hydroxyl groups excluding tert-OH is 2. The van der Waals surface area contributed by atoms with E-state index in [9.17, 15) is 10.2 Å². The van der Waals surface area contributed by atoms with Crippen molar-refractivity contribution >= 4 is 34.1 Å². The van der Waals surface area contributed by atoms with Gasteiger partial charge in [-0.15, -0.1) is 0 Å². The molecule has 3 heterocycles. The fourth-order valence-electron chi connectivity index (χ4n) is 4.06. The highest BCUT2D eigenvalue weighted by atomic mass is 16.3. The summed E-state index contributed by atoms with van der Waals surface area (Å²) in [6.45, 7) is 0.697. The van der Waals surface area contributed by atoms with Crippen LogP contribution in [0.2, 0.25) is 0 Å². The lowest BCUT2D eigenvalue weighted by atomic mass is 10.1. The van der Waals surface area contributed by atoms with Crippen LogP contribution in [0, 0.1) is 0 Å². The molecule has 0 bridgehead atoms. The van der Waals surface area contributed by atoms with Gasteiger partial charge in [0, 0.05) is 23.8 Å². The van der Waals surface area contributed by atoms with E-state index in [1.54, 1.807) is 12.3 Å². The van der Waals surface area contributed by atoms with E-state index in [2.05, 4.69) is 20.3 Å². The van der Waals surface area contributed by atoms with Crippen LogP contribution < -0.4 is 21.7 Å². The predicted octanol–water partition coefficient (Wildman–Crippen LogP) is 0.770. The van der Waals surface area contributed by atoms with Crippen LogP contribution in [0.5, 0.6) is 0 Å². The molecule has 9 heteroatoms. The summed E-state index contributed by atoms with van der Waals surface area (Å²) in [6.07, 6.45) is 1.74. The van der Waals surface area contributed by atoms with Gasteiger partial charge in [0.25, 0.3) is 0 Å². The number of nitrogens with two attached hydrogens (primary N) is 2. The molecule has 0 saturated carbocycles. The average Bonchev–Trinajstić information content (AvgIpc) is 3.34. The minimum atomic E-state index is -0.974. The Labute approximate surface area is 172 Å². The molecule has 0 unspecified atom stereocenters. The second-order valence-electron chi connectivity index (χ2n) is 7.56. The fourth-order valence-corrected chi connectivity index (χ4v) is 4.06. The molecule has 2 aromatic heterocycles. The lowest BCUT2D eigenvalue weighted by molar-refractivity contribution is 0.0445. The van der Waals surface area contributed by atoms with Gasteiger partial charge in [0.2, 0.25) is 0 Å². The minimum Gasteiger partial charge on any atom is -0.388 e. The van der Waals surface area contributed by atoms with Crippen molar-refractivity contribution < 1.29 is 10.2 Å². The van der Waals surface area contributed by atoms with Gasteiger partial charge < -0.3 is 36.9 Å². The highest BCUT2D eigenvalue weighted by molar-refractivity contribution is 6.03. The molecule has 5 rings (SSSR count). The average molecular weight is 405 g/mol. The summed E-state index contributed by atoms with van der Waals surface area (Å²) in [7, 11) is 0. The van der Waals surface area contributed by atoms with Crippen LogP contribution >= 0.6 is 0 Å². The van der Waals surface area contributed by atoms with Crippen molar-refractivity contribution in [2.24, 2.45) is 10.7 Å². The number of aromatic nitrogens is 2. The van der Waals surface area contributed by atoms with Crippen molar-refractivity contribution in [2.45, 2.75) is 18.2 Å². The number of aliphatic imine (C=N–C) groups is 1. The number of hydrogen-bond acceptors (Lipinski definition) is 8. The molecule has 1 aromatic carbocycles. The summed E-state index contributed by atoms with van der Waals surface area (Å²) in [5.41, 5.74) is 14.9. The Hall–Kier alpha value is -3.56. The van der Waals surface area contributed by atoms with E-state index in [0.29, 0.717) is 30.4 Å². The topological polar surface area (TPSA) is 149 Å². The Bertz CT molecular complexity index is 1170. The number of amidine groups is 1. The molecule has 0 amide bonds. The summed E-state index contributed by atoms with van der Waals surface area (Å²) in [5.74, 6) is 1.72. The predicted molar refractivity (Wildman–Crippen MR) is 117 cm³/mol. The lowest BCUT2D eigenvalue weighted by Gasteiger charge is -2.33. The number of anilines is 3. The first kappa shape index (κ1) is 18.5. The quantitative estimate of drug-likeness (QED) is 0.351. The second-order valence-corrected chi connectivity index (χ2v) is 7.56. The third-order valence-electron chi connectivity index (χ3n) is 5.69. The highest BCUT2D eigenvalue weighted by Gasteiger charge is 2.39. The van der Waals surface area contributed by atoms with Gasteiger partial charge in [-0.25, -0.2) is 9.98 Å². The zero-order valence-corrected chi connectivity index (χ0v) is 16.2. The number of H-pyrrole nitrogens is 1. The molecule has 1 aliphatic heterocycles. The molecular weight excluding hydrogens is 382 g/mol. The molecular formula is C21H23N7O2. The molecule has 30 heavy (non-hydrogen) atoms. The molecule has 0 spiro atoms. The van der Waals surface area contributed by atoms with E-state index in [1.165, 1.54) is 0 Å². The summed E-state index contributed by atoms with van der Waals surface area (Å²) in [4.78, 5) is 13.7. The Morgan fingerprint density at radius 1 is 1.17 bits per heavy atom. The number of fused-ring (bicyclic) bond motifs is 2. The zero-order valence-electron chi connectivity index (χ0n) is 16.2. The van der Waals surface area contributed by atoms with Gasteiger partial charge >= 0.3 is 0 Å². The molecule has 0 saturated heterocycles. The molecule has 3 aromatic rings. The van der Waals surface area contributed by atoms with Gasteiger partial charge in [0.15, 0.2) is 0 Å². The number of nitrogens with one attached hydrogen (secondary N) is 2. The first-order valence-corrected chi connectivity index (χ1v) is 9.72. The van der Waals surface area contributed by atoms with Crippen molar-refractivity contribution in [3.8, 4) is 0 Å². The third-order valence-corrected chi connectivity index (χ3v) is 5.69. The van der Waals surface area contributed by atoms with E-state index in [1.807, 2.05) is 41.3 Å². The maximum Gasteiger partial charge on any atom is 0.131 e. The molecule has 8 N–H and O–H groups in total. The summed E-state index contributed by atoms with van der Waals surface area (Å²) < 4.78 is 0. The van der Waals surface area contributed by atoms with E-state index >= 15 is 0 Å². The monoisotopic (exact) mass is 405 g/mol. The van der Waals surface area contributed by atoms with Crippen molar-refractivity contribution in [1.29, 1.82) is 0 Å². The number of nitrogen functional groups attached to an aromatic ring is 1. The van der Waals surface area contributed by atoms with E-state index in [0.717, 1.165) is 28.0 Å². The lowest BCUT2D eigenvalue weighted by Crippen LogP contribution is -2.47. The smallest absolute Gasteiger partial charge is 0.131 e.